The number of aromatic nitrogens is 2. The largest absolute Gasteiger partial charge is 0.493 e. The van der Waals surface area contributed by atoms with Crippen LogP contribution in [0.4, 0.5) is 0 Å². The van der Waals surface area contributed by atoms with Crippen LogP contribution < -0.4 is 5.56 Å². The van der Waals surface area contributed by atoms with Crippen molar-refractivity contribution in [3.8, 4) is 11.6 Å². The molecular weight excluding hydrogens is 224 g/mol. The molecule has 0 bridgehead atoms. The average molecular weight is 234 g/mol. The molecule has 0 aliphatic carbocycles. The lowest BCUT2D eigenvalue weighted by Crippen LogP contribution is -2.11. The highest BCUT2D eigenvalue weighted by Crippen LogP contribution is 2.20. The summed E-state index contributed by atoms with van der Waals surface area (Å²) in [6.07, 6.45) is 0. The fourth-order valence-corrected chi connectivity index (χ4v) is 1.61. The number of H-pyrrole nitrogens is 1. The van der Waals surface area contributed by atoms with Gasteiger partial charge in [0.1, 0.15) is 0 Å². The molecule has 2 rings (SSSR count). The summed E-state index contributed by atoms with van der Waals surface area (Å²) in [7, 11) is 0. The Morgan fingerprint density at radius 2 is 2.00 bits per heavy atom. The van der Waals surface area contributed by atoms with Crippen LogP contribution in [0.25, 0.3) is 5.69 Å². The number of hydrogen-bond donors (Lipinski definition) is 3. The number of carbonyl (C=O) groups is 1. The van der Waals surface area contributed by atoms with Crippen LogP contribution in [0.3, 0.4) is 0 Å². The Kier molecular flexibility index (Phi) is 2.47. The molecule has 1 heterocycles. The van der Waals surface area contributed by atoms with Crippen LogP contribution in [0.2, 0.25) is 0 Å². The van der Waals surface area contributed by atoms with Crippen LogP contribution in [0.15, 0.2) is 29.1 Å². The lowest BCUT2D eigenvalue weighted by Gasteiger charge is -2.06. The van der Waals surface area contributed by atoms with Gasteiger partial charge in [0.15, 0.2) is 5.56 Å². The third-order valence-electron chi connectivity index (χ3n) is 2.45. The zero-order valence-corrected chi connectivity index (χ0v) is 8.97. The summed E-state index contributed by atoms with van der Waals surface area (Å²) in [5, 5.41) is 20.8. The molecule has 17 heavy (non-hydrogen) atoms. The van der Waals surface area contributed by atoms with E-state index in [4.69, 9.17) is 5.11 Å². The lowest BCUT2D eigenvalue weighted by atomic mass is 10.2. The fraction of sp³-hybridized carbons (Fsp3) is 0.0909. The van der Waals surface area contributed by atoms with Crippen LogP contribution in [0.1, 0.15) is 15.9 Å². The molecule has 0 unspecified atom stereocenters. The van der Waals surface area contributed by atoms with E-state index < -0.39 is 23.0 Å². The van der Waals surface area contributed by atoms with Crippen molar-refractivity contribution in [1.82, 2.24) is 9.78 Å². The van der Waals surface area contributed by atoms with Crippen molar-refractivity contribution < 1.29 is 15.0 Å². The van der Waals surface area contributed by atoms with Gasteiger partial charge in [-0.15, -0.1) is 0 Å². The van der Waals surface area contributed by atoms with Crippen molar-refractivity contribution in [2.45, 2.75) is 6.92 Å². The molecule has 0 amide bonds. The van der Waals surface area contributed by atoms with Crippen molar-refractivity contribution >= 4 is 5.97 Å². The maximum Gasteiger partial charge on any atom is 0.347 e. The second kappa shape index (κ2) is 3.82. The Labute approximate surface area is 95.7 Å². The van der Waals surface area contributed by atoms with E-state index in [2.05, 4.69) is 5.10 Å². The summed E-state index contributed by atoms with van der Waals surface area (Å²) in [6.45, 7) is 1.79. The average Bonchev–Trinajstić information content (AvgIpc) is 2.55. The number of nitrogens with one attached hydrogen (secondary N) is 1. The van der Waals surface area contributed by atoms with E-state index in [1.807, 2.05) is 0 Å². The zero-order chi connectivity index (χ0) is 12.6. The number of rotatable bonds is 2. The maximum absolute atomic E-state index is 11.4. The zero-order valence-electron chi connectivity index (χ0n) is 8.97. The van der Waals surface area contributed by atoms with Gasteiger partial charge in [-0.05, 0) is 18.6 Å². The summed E-state index contributed by atoms with van der Waals surface area (Å²) < 4.78 is 1.06. The monoisotopic (exact) mass is 234 g/mol. The lowest BCUT2D eigenvalue weighted by molar-refractivity contribution is 0.0692. The number of nitrogens with zero attached hydrogens (tertiary/aromatic N) is 1. The molecule has 0 saturated carbocycles. The van der Waals surface area contributed by atoms with Gasteiger partial charge in [0.2, 0.25) is 5.88 Å². The molecule has 1 aromatic carbocycles. The standard InChI is InChI=1S/C11H10N2O4/c1-6-4-2-3-5-7(6)13-10(15)8(11(16)17)9(14)12-13/h2-5,15H,1H3,(H,12,14)(H,16,17). The molecule has 3 N–H and O–H groups in total. The number of aromatic hydroxyl groups is 1. The topological polar surface area (TPSA) is 95.3 Å². The highest BCUT2D eigenvalue weighted by molar-refractivity contribution is 5.90. The predicted molar refractivity (Wildman–Crippen MR) is 59.8 cm³/mol. The number of aromatic carboxylic acids is 1. The number of benzene rings is 1. The second-order valence-corrected chi connectivity index (χ2v) is 3.57. The third-order valence-corrected chi connectivity index (χ3v) is 2.45. The molecule has 0 radical (unpaired) electrons. The van der Waals surface area contributed by atoms with Crippen LogP contribution >= 0.6 is 0 Å². The first-order valence-electron chi connectivity index (χ1n) is 4.85. The first-order valence-corrected chi connectivity index (χ1v) is 4.85. The van der Waals surface area contributed by atoms with Gasteiger partial charge < -0.3 is 10.2 Å². The molecule has 1 aromatic heterocycles. The minimum Gasteiger partial charge on any atom is -0.493 e. The van der Waals surface area contributed by atoms with Crippen LogP contribution in [0.5, 0.6) is 5.88 Å². The third kappa shape index (κ3) is 1.69. The molecular formula is C11H10N2O4. The van der Waals surface area contributed by atoms with Gasteiger partial charge in [-0.2, -0.15) is 0 Å². The molecule has 6 nitrogen and oxygen atoms in total. The number of carboxylic acid groups (broad SMARTS) is 1. The summed E-state index contributed by atoms with van der Waals surface area (Å²) in [4.78, 5) is 22.1. The highest BCUT2D eigenvalue weighted by Gasteiger charge is 2.21. The van der Waals surface area contributed by atoms with Crippen molar-refractivity contribution in [3.05, 3.63) is 45.7 Å². The van der Waals surface area contributed by atoms with Gasteiger partial charge in [0.05, 0.1) is 5.69 Å². The van der Waals surface area contributed by atoms with Crippen molar-refractivity contribution in [2.24, 2.45) is 0 Å². The van der Waals surface area contributed by atoms with E-state index in [9.17, 15) is 14.7 Å². The van der Waals surface area contributed by atoms with Crippen molar-refractivity contribution in [1.29, 1.82) is 0 Å². The number of hydrogen-bond acceptors (Lipinski definition) is 3. The van der Waals surface area contributed by atoms with E-state index in [0.717, 1.165) is 10.2 Å². The number of aromatic amines is 1. The first kappa shape index (κ1) is 11.0. The second-order valence-electron chi connectivity index (χ2n) is 3.57. The normalized spacial score (nSPS) is 10.4. The van der Waals surface area contributed by atoms with Crippen LogP contribution in [-0.4, -0.2) is 26.0 Å². The van der Waals surface area contributed by atoms with E-state index >= 15 is 0 Å². The SMILES string of the molecule is Cc1ccccc1-n1[nH]c(=O)c(C(=O)O)c1O. The predicted octanol–water partition coefficient (Wildman–Crippen LogP) is 0.878. The van der Waals surface area contributed by atoms with Gasteiger partial charge >= 0.3 is 5.97 Å². The minimum absolute atomic E-state index is 0.523. The molecule has 88 valence electrons. The van der Waals surface area contributed by atoms with Gasteiger partial charge in [0, 0.05) is 0 Å². The molecule has 2 aromatic rings. The smallest absolute Gasteiger partial charge is 0.347 e. The summed E-state index contributed by atoms with van der Waals surface area (Å²) >= 11 is 0. The number of aryl methyl sites for hydroxylation is 1. The first-order chi connectivity index (χ1) is 8.02. The number of para-hydroxylation sites is 1. The molecule has 0 aliphatic rings. The van der Waals surface area contributed by atoms with Gasteiger partial charge in [0.25, 0.3) is 5.56 Å². The van der Waals surface area contributed by atoms with E-state index in [1.54, 1.807) is 31.2 Å². The van der Waals surface area contributed by atoms with Crippen molar-refractivity contribution in [3.63, 3.8) is 0 Å². The fourth-order valence-electron chi connectivity index (χ4n) is 1.61. The van der Waals surface area contributed by atoms with E-state index in [-0.39, 0.29) is 0 Å². The Hall–Kier alpha value is -2.50. The van der Waals surface area contributed by atoms with E-state index in [1.165, 1.54) is 0 Å². The maximum atomic E-state index is 11.4. The van der Waals surface area contributed by atoms with Gasteiger partial charge in [-0.25, -0.2) is 9.48 Å². The quantitative estimate of drug-likeness (QED) is 0.718. The number of carboxylic acids is 1. The van der Waals surface area contributed by atoms with Gasteiger partial charge in [-0.1, -0.05) is 18.2 Å². The molecule has 0 fully saturated rings. The molecule has 0 atom stereocenters. The van der Waals surface area contributed by atoms with Crippen LogP contribution in [0, 0.1) is 6.92 Å². The highest BCUT2D eigenvalue weighted by atomic mass is 16.4. The van der Waals surface area contributed by atoms with E-state index in [0.29, 0.717) is 5.69 Å². The molecule has 0 spiro atoms. The summed E-state index contributed by atoms with van der Waals surface area (Å²) in [5.74, 6) is -2.06. The molecule has 0 aliphatic heterocycles. The van der Waals surface area contributed by atoms with Gasteiger partial charge in [-0.3, -0.25) is 9.89 Å². The van der Waals surface area contributed by atoms with Crippen LogP contribution in [-0.2, 0) is 0 Å². The Balaban J connectivity index is 2.71. The molecule has 6 heteroatoms. The molecule has 0 saturated heterocycles. The Morgan fingerprint density at radius 3 is 2.53 bits per heavy atom. The Bertz CT molecular complexity index is 639. The minimum atomic E-state index is -1.46. The Morgan fingerprint density at radius 1 is 1.35 bits per heavy atom. The summed E-state index contributed by atoms with van der Waals surface area (Å²) in [6, 6.07) is 6.97. The summed E-state index contributed by atoms with van der Waals surface area (Å²) in [5.41, 5.74) is -0.174. The van der Waals surface area contributed by atoms with Crippen molar-refractivity contribution in [2.75, 3.05) is 0 Å².